The third-order valence-electron chi connectivity index (χ3n) is 7.20. The average molecular weight is 426 g/mol. The van der Waals surface area contributed by atoms with Gasteiger partial charge in [-0.1, -0.05) is 67.6 Å². The highest BCUT2D eigenvalue weighted by atomic mass is 19.1. The summed E-state index contributed by atoms with van der Waals surface area (Å²) >= 11 is 0. The molecular weight excluding hydrogens is 393 g/mol. The molecule has 3 aromatic rings. The van der Waals surface area contributed by atoms with E-state index < -0.39 is 5.82 Å². The number of hydrogen-bond acceptors (Lipinski definition) is 1. The summed E-state index contributed by atoms with van der Waals surface area (Å²) in [6.45, 7) is 2.30. The van der Waals surface area contributed by atoms with Crippen LogP contribution in [0.4, 0.5) is 4.39 Å². The lowest BCUT2D eigenvalue weighted by Crippen LogP contribution is -2.14. The number of nitriles is 1. The molecule has 0 unspecified atom stereocenters. The molecule has 0 aliphatic heterocycles. The van der Waals surface area contributed by atoms with Crippen LogP contribution in [0.15, 0.2) is 72.8 Å². The van der Waals surface area contributed by atoms with Crippen molar-refractivity contribution in [1.82, 2.24) is 0 Å². The Balaban J connectivity index is 1.25. The molecule has 1 aliphatic carbocycles. The molecule has 164 valence electrons. The van der Waals surface area contributed by atoms with Crippen LogP contribution in [0.2, 0.25) is 0 Å². The fourth-order valence-electron chi connectivity index (χ4n) is 5.14. The zero-order valence-corrected chi connectivity index (χ0v) is 18.9. The number of nitrogens with zero attached hydrogens (tertiary/aromatic N) is 1. The number of halogens is 1. The van der Waals surface area contributed by atoms with Crippen molar-refractivity contribution in [3.63, 3.8) is 0 Å². The zero-order chi connectivity index (χ0) is 22.3. The number of benzene rings is 3. The van der Waals surface area contributed by atoms with Crippen molar-refractivity contribution in [1.29, 1.82) is 5.26 Å². The standard InChI is InChI=1S/C30H32FN/c1-22(26-5-3-2-4-6-26)19-24-11-16-28(17-12-24)27-14-9-23(10-15-27)7-8-25-13-18-29(21-32)30(31)20-25/h2-6,11-13,16-18,20,22-23,27H,7-10,14-15,19H2,1H3/t22-,23?,27?/m0/s1. The van der Waals surface area contributed by atoms with Crippen LogP contribution in [0.25, 0.3) is 0 Å². The molecule has 0 heterocycles. The third-order valence-corrected chi connectivity index (χ3v) is 7.20. The van der Waals surface area contributed by atoms with Crippen molar-refractivity contribution < 1.29 is 4.39 Å². The molecule has 0 spiro atoms. The molecule has 1 fully saturated rings. The molecule has 1 saturated carbocycles. The highest BCUT2D eigenvalue weighted by molar-refractivity contribution is 5.33. The lowest BCUT2D eigenvalue weighted by Gasteiger charge is -2.29. The first-order valence-electron chi connectivity index (χ1n) is 11.9. The first kappa shape index (κ1) is 22.3. The van der Waals surface area contributed by atoms with Gasteiger partial charge in [-0.25, -0.2) is 4.39 Å². The van der Waals surface area contributed by atoms with E-state index in [0.29, 0.717) is 11.8 Å². The van der Waals surface area contributed by atoms with Gasteiger partial charge < -0.3 is 0 Å². The summed E-state index contributed by atoms with van der Waals surface area (Å²) < 4.78 is 13.8. The van der Waals surface area contributed by atoms with Crippen LogP contribution < -0.4 is 0 Å². The van der Waals surface area contributed by atoms with Crippen molar-refractivity contribution in [3.05, 3.63) is 106 Å². The molecule has 0 N–H and O–H groups in total. The molecule has 1 aliphatic rings. The second kappa shape index (κ2) is 10.6. The van der Waals surface area contributed by atoms with E-state index >= 15 is 0 Å². The molecule has 3 aromatic carbocycles. The van der Waals surface area contributed by atoms with Gasteiger partial charge in [0.25, 0.3) is 0 Å². The van der Waals surface area contributed by atoms with Crippen molar-refractivity contribution >= 4 is 0 Å². The normalized spacial score (nSPS) is 19.3. The first-order valence-corrected chi connectivity index (χ1v) is 11.9. The van der Waals surface area contributed by atoms with Crippen LogP contribution in [0.5, 0.6) is 0 Å². The molecule has 0 bridgehead atoms. The highest BCUT2D eigenvalue weighted by Gasteiger charge is 2.22. The molecule has 32 heavy (non-hydrogen) atoms. The Kier molecular flexibility index (Phi) is 7.38. The maximum absolute atomic E-state index is 13.8. The van der Waals surface area contributed by atoms with E-state index in [1.54, 1.807) is 6.07 Å². The maximum atomic E-state index is 13.8. The van der Waals surface area contributed by atoms with Crippen molar-refractivity contribution in [2.45, 2.75) is 63.7 Å². The molecule has 4 rings (SSSR count). The summed E-state index contributed by atoms with van der Waals surface area (Å²) in [7, 11) is 0. The van der Waals surface area contributed by atoms with Gasteiger partial charge >= 0.3 is 0 Å². The number of aryl methyl sites for hydroxylation is 1. The lowest BCUT2D eigenvalue weighted by molar-refractivity contribution is 0.310. The Morgan fingerprint density at radius 1 is 0.906 bits per heavy atom. The van der Waals surface area contributed by atoms with E-state index in [1.807, 2.05) is 12.1 Å². The Hall–Kier alpha value is -2.92. The molecule has 0 radical (unpaired) electrons. The predicted octanol–water partition coefficient (Wildman–Crippen LogP) is 7.95. The van der Waals surface area contributed by atoms with Gasteiger partial charge in [0.05, 0.1) is 5.56 Å². The van der Waals surface area contributed by atoms with Crippen molar-refractivity contribution in [3.8, 4) is 6.07 Å². The Labute approximate surface area is 191 Å². The van der Waals surface area contributed by atoms with Gasteiger partial charge in [-0.05, 0) is 97.1 Å². The van der Waals surface area contributed by atoms with Crippen LogP contribution in [-0.2, 0) is 12.8 Å². The van der Waals surface area contributed by atoms with Crippen LogP contribution in [0.3, 0.4) is 0 Å². The summed E-state index contributed by atoms with van der Waals surface area (Å²) in [4.78, 5) is 0. The highest BCUT2D eigenvalue weighted by Crippen LogP contribution is 2.37. The second-order valence-corrected chi connectivity index (χ2v) is 9.44. The minimum Gasteiger partial charge on any atom is -0.206 e. The minimum absolute atomic E-state index is 0.134. The topological polar surface area (TPSA) is 23.8 Å². The van der Waals surface area contributed by atoms with Gasteiger partial charge in [0, 0.05) is 0 Å². The van der Waals surface area contributed by atoms with E-state index in [1.165, 1.54) is 48.4 Å². The van der Waals surface area contributed by atoms with Crippen LogP contribution in [-0.4, -0.2) is 0 Å². The second-order valence-electron chi connectivity index (χ2n) is 9.44. The van der Waals surface area contributed by atoms with Gasteiger partial charge in [0.2, 0.25) is 0 Å². The van der Waals surface area contributed by atoms with Gasteiger partial charge in [-0.15, -0.1) is 0 Å². The first-order chi connectivity index (χ1) is 15.6. The van der Waals surface area contributed by atoms with E-state index in [0.717, 1.165) is 30.7 Å². The van der Waals surface area contributed by atoms with Gasteiger partial charge in [-0.3, -0.25) is 0 Å². The summed E-state index contributed by atoms with van der Waals surface area (Å²) in [5.74, 6) is 1.52. The fourth-order valence-corrected chi connectivity index (χ4v) is 5.14. The summed E-state index contributed by atoms with van der Waals surface area (Å²) in [5, 5.41) is 8.87. The number of hydrogen-bond donors (Lipinski definition) is 0. The number of rotatable bonds is 7. The van der Waals surface area contributed by atoms with Gasteiger partial charge in [0.1, 0.15) is 11.9 Å². The smallest absolute Gasteiger partial charge is 0.141 e. The van der Waals surface area contributed by atoms with Gasteiger partial charge in [-0.2, -0.15) is 5.26 Å². The van der Waals surface area contributed by atoms with Gasteiger partial charge in [0.15, 0.2) is 0 Å². The van der Waals surface area contributed by atoms with Crippen LogP contribution in [0, 0.1) is 23.1 Å². The van der Waals surface area contributed by atoms with E-state index in [2.05, 4.69) is 61.5 Å². The Bertz CT molecular complexity index is 1040. The van der Waals surface area contributed by atoms with E-state index in [9.17, 15) is 4.39 Å². The molecule has 2 heteroatoms. The lowest BCUT2D eigenvalue weighted by atomic mass is 9.76. The molecule has 0 saturated heterocycles. The van der Waals surface area contributed by atoms with E-state index in [-0.39, 0.29) is 5.56 Å². The zero-order valence-electron chi connectivity index (χ0n) is 18.9. The SMILES string of the molecule is C[C@@H](Cc1ccc(C2CCC(CCc3ccc(C#N)c(F)c3)CC2)cc1)c1ccccc1. The fraction of sp³-hybridized carbons (Fsp3) is 0.367. The minimum atomic E-state index is -0.393. The summed E-state index contributed by atoms with van der Waals surface area (Å²) in [5.41, 5.74) is 5.43. The maximum Gasteiger partial charge on any atom is 0.141 e. The van der Waals surface area contributed by atoms with Crippen molar-refractivity contribution in [2.24, 2.45) is 5.92 Å². The van der Waals surface area contributed by atoms with E-state index in [4.69, 9.17) is 5.26 Å². The molecule has 1 nitrogen and oxygen atoms in total. The summed E-state index contributed by atoms with van der Waals surface area (Å²) in [6.07, 6.45) is 8.05. The summed E-state index contributed by atoms with van der Waals surface area (Å²) in [6, 6.07) is 27.0. The van der Waals surface area contributed by atoms with Crippen molar-refractivity contribution in [2.75, 3.05) is 0 Å². The largest absolute Gasteiger partial charge is 0.206 e. The Morgan fingerprint density at radius 2 is 1.59 bits per heavy atom. The quantitative estimate of drug-likeness (QED) is 0.377. The molecule has 0 amide bonds. The average Bonchev–Trinajstić information content (AvgIpc) is 2.84. The molecule has 1 atom stereocenters. The molecule has 0 aromatic heterocycles. The monoisotopic (exact) mass is 425 g/mol. The molecular formula is C30H32FN. The Morgan fingerprint density at radius 3 is 2.25 bits per heavy atom. The third kappa shape index (κ3) is 5.65. The van der Waals surface area contributed by atoms with Crippen LogP contribution >= 0.6 is 0 Å². The van der Waals surface area contributed by atoms with Crippen LogP contribution in [0.1, 0.15) is 78.7 Å². The predicted molar refractivity (Wildman–Crippen MR) is 129 cm³/mol.